The molecule has 7 bridgehead atoms. The lowest BCUT2D eigenvalue weighted by molar-refractivity contribution is -0.322. The number of nitrogens with zero attached hydrogens (tertiary/aromatic N) is 1. The van der Waals surface area contributed by atoms with Crippen molar-refractivity contribution in [3.05, 3.63) is 0 Å². The van der Waals surface area contributed by atoms with Crippen LogP contribution >= 0.6 is 0 Å². The summed E-state index contributed by atoms with van der Waals surface area (Å²) in [5, 5.41) is 36.8. The molecule has 5 saturated carbocycles. The first-order chi connectivity index (χ1) is 15.6. The Balaban J connectivity index is 1.66. The number of ether oxygens (including phenoxy) is 3. The fourth-order valence-corrected chi connectivity index (χ4v) is 10.8. The second-order valence-electron chi connectivity index (χ2n) is 12.1. The van der Waals surface area contributed by atoms with Gasteiger partial charge in [-0.2, -0.15) is 0 Å². The fraction of sp³-hybridized carbons (Fsp3) is 0.960. The van der Waals surface area contributed by atoms with E-state index >= 15 is 0 Å². The Morgan fingerprint density at radius 3 is 2.58 bits per heavy atom. The minimum absolute atomic E-state index is 0.0252. The zero-order valence-electron chi connectivity index (χ0n) is 20.4. The van der Waals surface area contributed by atoms with Crippen molar-refractivity contribution in [3.8, 4) is 0 Å². The number of rotatable bonds is 4. The third-order valence-corrected chi connectivity index (χ3v) is 11.4. The molecule has 0 aromatic rings. The molecule has 6 aliphatic rings. The Hall–Kier alpha value is -0.770. The van der Waals surface area contributed by atoms with Gasteiger partial charge >= 0.3 is 5.97 Å². The van der Waals surface area contributed by atoms with Crippen LogP contribution in [0.4, 0.5) is 0 Å². The average molecular weight is 466 g/mol. The van der Waals surface area contributed by atoms with Gasteiger partial charge in [0.2, 0.25) is 0 Å². The molecule has 6 fully saturated rings. The third kappa shape index (κ3) is 2.16. The highest BCUT2D eigenvalue weighted by molar-refractivity contribution is 5.66. The second-order valence-corrected chi connectivity index (χ2v) is 12.1. The van der Waals surface area contributed by atoms with Gasteiger partial charge in [0, 0.05) is 57.3 Å². The van der Waals surface area contributed by atoms with Crippen LogP contribution in [0.5, 0.6) is 0 Å². The van der Waals surface area contributed by atoms with E-state index in [9.17, 15) is 20.1 Å². The van der Waals surface area contributed by atoms with Gasteiger partial charge in [0.05, 0.1) is 24.4 Å². The standard InChI is InChI=1S/C25H39NO7/c1-6-26-11-22(3)8-7-16(28)24-14-9-13-15(31-4)10-23(32-5,17(14)18(13)33-12(2)27)25(30,21(24)26)20(29)19(22)24/h13-21,28-30H,6-11H2,1-5H3/t13-,14-,15+,16+,17-,18+,19-,20-,21+,22+,23-,24+,25-/m1/s1. The number of aliphatic hydroxyl groups excluding tert-OH is 2. The first kappa shape index (κ1) is 22.7. The van der Waals surface area contributed by atoms with Crippen LogP contribution in [0.1, 0.15) is 46.5 Å². The maximum atomic E-state index is 12.9. The Morgan fingerprint density at radius 2 is 1.97 bits per heavy atom. The van der Waals surface area contributed by atoms with E-state index < -0.39 is 41.0 Å². The molecule has 33 heavy (non-hydrogen) atoms. The van der Waals surface area contributed by atoms with Crippen LogP contribution in [0.2, 0.25) is 0 Å². The molecule has 186 valence electrons. The quantitative estimate of drug-likeness (QED) is 0.517. The molecule has 5 aliphatic carbocycles. The molecule has 0 unspecified atom stereocenters. The van der Waals surface area contributed by atoms with Crippen LogP contribution in [0.15, 0.2) is 0 Å². The average Bonchev–Trinajstić information content (AvgIpc) is 3.14. The van der Waals surface area contributed by atoms with E-state index in [0.717, 1.165) is 25.9 Å². The van der Waals surface area contributed by atoms with Crippen molar-refractivity contribution in [1.29, 1.82) is 0 Å². The van der Waals surface area contributed by atoms with Crippen LogP contribution in [-0.2, 0) is 19.0 Å². The van der Waals surface area contributed by atoms with Gasteiger partial charge in [0.15, 0.2) is 0 Å². The smallest absolute Gasteiger partial charge is 0.302 e. The number of likely N-dealkylation sites (tertiary alicyclic amines) is 1. The molecule has 8 heteroatoms. The van der Waals surface area contributed by atoms with Gasteiger partial charge in [-0.1, -0.05) is 13.8 Å². The van der Waals surface area contributed by atoms with Crippen molar-refractivity contribution in [1.82, 2.24) is 4.90 Å². The van der Waals surface area contributed by atoms with Gasteiger partial charge in [-0.15, -0.1) is 0 Å². The minimum Gasteiger partial charge on any atom is -0.462 e. The Morgan fingerprint density at radius 1 is 1.24 bits per heavy atom. The largest absolute Gasteiger partial charge is 0.462 e. The molecular weight excluding hydrogens is 426 g/mol. The summed E-state index contributed by atoms with van der Waals surface area (Å²) in [4.78, 5) is 14.5. The van der Waals surface area contributed by atoms with Crippen molar-refractivity contribution in [3.63, 3.8) is 0 Å². The highest BCUT2D eigenvalue weighted by Crippen LogP contribution is 2.80. The van der Waals surface area contributed by atoms with Crippen molar-refractivity contribution in [2.24, 2.45) is 34.5 Å². The predicted molar refractivity (Wildman–Crippen MR) is 117 cm³/mol. The van der Waals surface area contributed by atoms with Crippen LogP contribution in [-0.4, -0.2) is 95.2 Å². The Bertz CT molecular complexity index is 870. The number of methoxy groups -OCH3 is 2. The lowest BCUT2D eigenvalue weighted by atomic mass is 9.43. The monoisotopic (exact) mass is 465 g/mol. The molecule has 8 nitrogen and oxygen atoms in total. The molecular formula is C25H39NO7. The zero-order chi connectivity index (χ0) is 23.7. The Labute approximate surface area is 195 Å². The van der Waals surface area contributed by atoms with Gasteiger partial charge in [-0.25, -0.2) is 0 Å². The van der Waals surface area contributed by atoms with Gasteiger partial charge in [0.1, 0.15) is 17.3 Å². The van der Waals surface area contributed by atoms with Gasteiger partial charge < -0.3 is 29.5 Å². The summed E-state index contributed by atoms with van der Waals surface area (Å²) in [6.45, 7) is 7.24. The molecule has 0 aromatic heterocycles. The van der Waals surface area contributed by atoms with Crippen molar-refractivity contribution in [2.75, 3.05) is 27.3 Å². The number of hydrogen-bond donors (Lipinski definition) is 3. The van der Waals surface area contributed by atoms with E-state index in [4.69, 9.17) is 14.2 Å². The molecule has 1 heterocycles. The number of likely N-dealkylation sites (N-methyl/N-ethyl adjacent to an activating group) is 1. The van der Waals surface area contributed by atoms with Crippen LogP contribution < -0.4 is 0 Å². The highest BCUT2D eigenvalue weighted by atomic mass is 16.6. The van der Waals surface area contributed by atoms with E-state index in [2.05, 4.69) is 18.7 Å². The molecule has 3 N–H and O–H groups in total. The molecule has 13 atom stereocenters. The highest BCUT2D eigenvalue weighted by Gasteiger charge is 2.91. The number of fused-ring (bicyclic) bond motifs is 2. The van der Waals surface area contributed by atoms with E-state index in [-0.39, 0.29) is 41.2 Å². The molecule has 1 saturated heterocycles. The fourth-order valence-electron chi connectivity index (χ4n) is 10.8. The van der Waals surface area contributed by atoms with Crippen LogP contribution in [0.25, 0.3) is 0 Å². The van der Waals surface area contributed by atoms with Crippen molar-refractivity contribution < 1.29 is 34.3 Å². The number of hydrogen-bond acceptors (Lipinski definition) is 8. The summed E-state index contributed by atoms with van der Waals surface area (Å²) in [5.41, 5.74) is -3.66. The number of carbonyl (C=O) groups is 1. The summed E-state index contributed by atoms with van der Waals surface area (Å²) in [5.74, 6) is -0.990. The van der Waals surface area contributed by atoms with Gasteiger partial charge in [0.25, 0.3) is 0 Å². The summed E-state index contributed by atoms with van der Waals surface area (Å²) in [6, 6.07) is -0.424. The summed E-state index contributed by atoms with van der Waals surface area (Å²) < 4.78 is 18.2. The number of aliphatic hydroxyl groups is 3. The number of carbonyl (C=O) groups excluding carboxylic acids is 1. The topological polar surface area (TPSA) is 109 Å². The second kappa shape index (κ2) is 6.71. The molecule has 0 radical (unpaired) electrons. The Kier molecular flexibility index (Phi) is 4.61. The first-order valence-electron chi connectivity index (χ1n) is 12.7. The lowest BCUT2D eigenvalue weighted by Gasteiger charge is -2.70. The molecule has 1 spiro atoms. The zero-order valence-corrected chi connectivity index (χ0v) is 20.4. The number of piperidine rings is 1. The molecule has 0 amide bonds. The number of esters is 1. The summed E-state index contributed by atoms with van der Waals surface area (Å²) >= 11 is 0. The lowest BCUT2D eigenvalue weighted by Crippen LogP contribution is -2.82. The molecule has 6 rings (SSSR count). The van der Waals surface area contributed by atoms with Crippen molar-refractivity contribution >= 4 is 5.97 Å². The molecule has 0 aromatic carbocycles. The SMILES string of the molecule is CCN1C[C@]2(C)CC[C@H](O)[C@@]34[C@@H]5C[C@H]6[C@H](OC(C)=O)[C@@H]5[C@](OC)(C[C@@H]6OC)[C@@](O)([C@H](O)[C@H]23)[C@@H]14. The third-order valence-electron chi connectivity index (χ3n) is 11.4. The maximum absolute atomic E-state index is 12.9. The summed E-state index contributed by atoms with van der Waals surface area (Å²) in [7, 11) is 3.26. The summed E-state index contributed by atoms with van der Waals surface area (Å²) in [6.07, 6.45) is 0.192. The maximum Gasteiger partial charge on any atom is 0.302 e. The normalized spacial score (nSPS) is 60.7. The van der Waals surface area contributed by atoms with Gasteiger partial charge in [-0.05, 0) is 37.1 Å². The van der Waals surface area contributed by atoms with E-state index in [1.54, 1.807) is 14.2 Å². The van der Waals surface area contributed by atoms with E-state index in [1.807, 2.05) is 0 Å². The van der Waals surface area contributed by atoms with Crippen LogP contribution in [0.3, 0.4) is 0 Å². The first-order valence-corrected chi connectivity index (χ1v) is 12.7. The van der Waals surface area contributed by atoms with Crippen LogP contribution in [0, 0.1) is 34.5 Å². The van der Waals surface area contributed by atoms with Crippen molar-refractivity contribution in [2.45, 2.75) is 88.1 Å². The molecule has 1 aliphatic heterocycles. The van der Waals surface area contributed by atoms with E-state index in [0.29, 0.717) is 12.8 Å². The minimum atomic E-state index is -1.61. The van der Waals surface area contributed by atoms with E-state index in [1.165, 1.54) is 6.92 Å². The predicted octanol–water partition coefficient (Wildman–Crippen LogP) is 0.561. The van der Waals surface area contributed by atoms with Gasteiger partial charge in [-0.3, -0.25) is 9.69 Å².